The van der Waals surface area contributed by atoms with Gasteiger partial charge in [-0.2, -0.15) is 0 Å². The molecule has 0 aliphatic rings. The van der Waals surface area contributed by atoms with Crippen molar-refractivity contribution < 1.29 is 4.42 Å². The zero-order chi connectivity index (χ0) is 38.2. The van der Waals surface area contributed by atoms with Gasteiger partial charge in [0.15, 0.2) is 0 Å². The van der Waals surface area contributed by atoms with Crippen molar-refractivity contribution in [2.75, 3.05) is 4.90 Å². The van der Waals surface area contributed by atoms with E-state index in [-0.39, 0.29) is 0 Å². The molecule has 12 rings (SSSR count). The van der Waals surface area contributed by atoms with Gasteiger partial charge in [-0.3, -0.25) is 0 Å². The van der Waals surface area contributed by atoms with Crippen LogP contribution in [0, 0.1) is 0 Å². The quantitative estimate of drug-likeness (QED) is 0.168. The summed E-state index contributed by atoms with van der Waals surface area (Å²) in [6.45, 7) is 0. The fourth-order valence-corrected chi connectivity index (χ4v) is 10.2. The molecule has 0 saturated carbocycles. The second kappa shape index (κ2) is 13.1. The predicted molar refractivity (Wildman–Crippen MR) is 247 cm³/mol. The van der Waals surface area contributed by atoms with Gasteiger partial charge in [0.25, 0.3) is 0 Å². The molecule has 0 amide bonds. The van der Waals surface area contributed by atoms with Crippen molar-refractivity contribution in [1.29, 1.82) is 0 Å². The molecule has 3 aromatic heterocycles. The molecule has 3 nitrogen and oxygen atoms in total. The van der Waals surface area contributed by atoms with Gasteiger partial charge in [0.1, 0.15) is 11.2 Å². The first-order chi connectivity index (χ1) is 28.8. The van der Waals surface area contributed by atoms with Gasteiger partial charge in [-0.25, -0.2) is 0 Å². The van der Waals surface area contributed by atoms with Crippen LogP contribution < -0.4 is 4.90 Å². The molecule has 0 saturated heterocycles. The highest BCUT2D eigenvalue weighted by atomic mass is 32.1. The Morgan fingerprint density at radius 2 is 1.00 bits per heavy atom. The molecular formula is C54H34N2OS. The number of furan rings is 1. The van der Waals surface area contributed by atoms with E-state index in [0.717, 1.165) is 66.9 Å². The Morgan fingerprint density at radius 1 is 0.397 bits per heavy atom. The molecule has 3 heterocycles. The Balaban J connectivity index is 1.15. The largest absolute Gasteiger partial charge is 0.455 e. The minimum Gasteiger partial charge on any atom is -0.455 e. The fourth-order valence-electron chi connectivity index (χ4n) is 9.10. The van der Waals surface area contributed by atoms with E-state index in [2.05, 4.69) is 216 Å². The van der Waals surface area contributed by atoms with Crippen molar-refractivity contribution in [3.63, 3.8) is 0 Å². The first-order valence-corrected chi connectivity index (χ1v) is 20.5. The smallest absolute Gasteiger partial charge is 0.145 e. The Kier molecular flexibility index (Phi) is 7.40. The Bertz CT molecular complexity index is 3480. The summed E-state index contributed by atoms with van der Waals surface area (Å²) >= 11 is 1.85. The molecule has 9 aromatic carbocycles. The second-order valence-corrected chi connectivity index (χ2v) is 15.9. The molecule has 0 unspecified atom stereocenters. The second-order valence-electron chi connectivity index (χ2n) is 14.8. The lowest BCUT2D eigenvalue weighted by molar-refractivity contribution is 0.670. The summed E-state index contributed by atoms with van der Waals surface area (Å²) in [4.78, 5) is 2.48. The zero-order valence-electron chi connectivity index (χ0n) is 31.3. The maximum atomic E-state index is 7.00. The van der Waals surface area contributed by atoms with Crippen molar-refractivity contribution >= 4 is 92.3 Å². The number of thiophene rings is 1. The van der Waals surface area contributed by atoms with Crippen molar-refractivity contribution in [2.24, 2.45) is 0 Å². The highest BCUT2D eigenvalue weighted by Gasteiger charge is 2.26. The number of benzene rings is 9. The maximum Gasteiger partial charge on any atom is 0.145 e. The molecule has 0 aliphatic heterocycles. The van der Waals surface area contributed by atoms with Crippen LogP contribution in [0.3, 0.4) is 0 Å². The summed E-state index contributed by atoms with van der Waals surface area (Å²) in [7, 11) is 0. The van der Waals surface area contributed by atoms with E-state index in [0.29, 0.717) is 0 Å². The first kappa shape index (κ1) is 32.8. The van der Waals surface area contributed by atoms with Gasteiger partial charge in [0, 0.05) is 53.1 Å². The summed E-state index contributed by atoms with van der Waals surface area (Å²) in [5, 5.41) is 7.16. The summed E-state index contributed by atoms with van der Waals surface area (Å²) < 4.78 is 11.9. The third-order valence-corrected chi connectivity index (χ3v) is 12.7. The van der Waals surface area contributed by atoms with Crippen molar-refractivity contribution in [3.05, 3.63) is 206 Å². The molecule has 0 bridgehead atoms. The molecule has 272 valence electrons. The number of hydrogen-bond donors (Lipinski definition) is 0. The zero-order valence-corrected chi connectivity index (χ0v) is 32.2. The van der Waals surface area contributed by atoms with Gasteiger partial charge in [-0.05, 0) is 77.9 Å². The average Bonchev–Trinajstić information content (AvgIpc) is 3.98. The molecule has 0 N–H and O–H groups in total. The van der Waals surface area contributed by atoms with Crippen LogP contribution in [-0.2, 0) is 0 Å². The molecular weight excluding hydrogens is 725 g/mol. The lowest BCUT2D eigenvalue weighted by Gasteiger charge is -2.29. The molecule has 12 aromatic rings. The van der Waals surface area contributed by atoms with E-state index >= 15 is 0 Å². The van der Waals surface area contributed by atoms with Crippen LogP contribution in [0.4, 0.5) is 17.1 Å². The average molecular weight is 759 g/mol. The standard InChI is InChI=1S/C54H34N2OS/c1-2-16-35(17-3-1)38-20-4-9-25-44(38)56(47-28-15-31-51-52(47)43-24-8-13-30-50(43)58-51)48-33-32-39(54-53(48)42-23-7-12-29-49(42)57-54)36-18-14-19-37(34-36)55-45-26-10-5-21-40(45)41-22-6-11-27-46(41)55/h1-34H. The molecule has 0 atom stereocenters. The number of rotatable bonds is 6. The molecule has 0 aliphatic carbocycles. The lowest BCUT2D eigenvalue weighted by atomic mass is 9.97. The first-order valence-electron chi connectivity index (χ1n) is 19.7. The number of nitrogens with zero attached hydrogens (tertiary/aromatic N) is 2. The van der Waals surface area contributed by atoms with E-state index in [1.165, 1.54) is 42.0 Å². The summed E-state index contributed by atoms with van der Waals surface area (Å²) in [5.74, 6) is 0. The number of fused-ring (bicyclic) bond motifs is 9. The normalized spacial score (nSPS) is 11.8. The minimum absolute atomic E-state index is 0.861. The summed E-state index contributed by atoms with van der Waals surface area (Å²) in [5.41, 5.74) is 13.0. The van der Waals surface area contributed by atoms with E-state index < -0.39 is 0 Å². The Morgan fingerprint density at radius 3 is 1.83 bits per heavy atom. The van der Waals surface area contributed by atoms with Crippen LogP contribution in [0.2, 0.25) is 0 Å². The number of anilines is 3. The number of aromatic nitrogens is 1. The summed E-state index contributed by atoms with van der Waals surface area (Å²) in [6, 6.07) is 74.3. The predicted octanol–water partition coefficient (Wildman–Crippen LogP) is 15.9. The third-order valence-electron chi connectivity index (χ3n) is 11.6. The molecule has 0 fully saturated rings. The van der Waals surface area contributed by atoms with E-state index in [9.17, 15) is 0 Å². The third kappa shape index (κ3) is 4.99. The Hall–Kier alpha value is -7.40. The van der Waals surface area contributed by atoms with Crippen LogP contribution in [0.15, 0.2) is 211 Å². The van der Waals surface area contributed by atoms with Crippen LogP contribution in [0.1, 0.15) is 0 Å². The summed E-state index contributed by atoms with van der Waals surface area (Å²) in [6.07, 6.45) is 0. The number of hydrogen-bond acceptors (Lipinski definition) is 3. The highest BCUT2D eigenvalue weighted by molar-refractivity contribution is 7.26. The molecule has 0 spiro atoms. The SMILES string of the molecule is c1ccc(-c2ccccc2N(c2cccc3sc4ccccc4c23)c2ccc(-c3cccc(-n4c5ccccc5c5ccccc54)c3)c3oc4ccccc4c23)cc1. The maximum absolute atomic E-state index is 7.00. The fraction of sp³-hybridized carbons (Fsp3) is 0. The van der Waals surface area contributed by atoms with Gasteiger partial charge in [-0.1, -0.05) is 140 Å². The van der Waals surface area contributed by atoms with Crippen LogP contribution in [-0.4, -0.2) is 4.57 Å². The van der Waals surface area contributed by atoms with E-state index in [1.807, 2.05) is 11.3 Å². The van der Waals surface area contributed by atoms with Crippen molar-refractivity contribution in [2.45, 2.75) is 0 Å². The van der Waals surface area contributed by atoms with Gasteiger partial charge >= 0.3 is 0 Å². The monoisotopic (exact) mass is 758 g/mol. The van der Waals surface area contributed by atoms with Crippen LogP contribution >= 0.6 is 11.3 Å². The van der Waals surface area contributed by atoms with E-state index in [1.54, 1.807) is 0 Å². The van der Waals surface area contributed by atoms with Crippen LogP contribution in [0.5, 0.6) is 0 Å². The van der Waals surface area contributed by atoms with E-state index in [4.69, 9.17) is 4.42 Å². The Labute approximate surface area is 338 Å². The molecule has 0 radical (unpaired) electrons. The minimum atomic E-state index is 0.861. The van der Waals surface area contributed by atoms with Crippen LogP contribution in [0.25, 0.3) is 91.9 Å². The highest BCUT2D eigenvalue weighted by Crippen LogP contribution is 2.51. The van der Waals surface area contributed by atoms with Crippen molar-refractivity contribution in [3.8, 4) is 27.9 Å². The van der Waals surface area contributed by atoms with Crippen molar-refractivity contribution in [1.82, 2.24) is 4.57 Å². The van der Waals surface area contributed by atoms with Gasteiger partial charge in [0.05, 0.1) is 33.5 Å². The topological polar surface area (TPSA) is 21.3 Å². The van der Waals surface area contributed by atoms with Gasteiger partial charge < -0.3 is 13.9 Å². The van der Waals surface area contributed by atoms with Gasteiger partial charge in [0.2, 0.25) is 0 Å². The lowest BCUT2D eigenvalue weighted by Crippen LogP contribution is -2.12. The molecule has 58 heavy (non-hydrogen) atoms. The molecule has 4 heteroatoms. The number of para-hydroxylation sites is 4. The van der Waals surface area contributed by atoms with Gasteiger partial charge in [-0.15, -0.1) is 11.3 Å².